The number of ether oxygens (including phenoxy) is 3. The van der Waals surface area contributed by atoms with Gasteiger partial charge in [0.15, 0.2) is 0 Å². The minimum Gasteiger partial charge on any atom is -0.493 e. The van der Waals surface area contributed by atoms with E-state index in [0.717, 1.165) is 17.2 Å². The van der Waals surface area contributed by atoms with Crippen molar-refractivity contribution >= 4 is 11.9 Å². The summed E-state index contributed by atoms with van der Waals surface area (Å²) < 4.78 is 15.9. The molecule has 0 amide bonds. The van der Waals surface area contributed by atoms with Crippen molar-refractivity contribution < 1.29 is 23.8 Å². The molecule has 0 fully saturated rings. The van der Waals surface area contributed by atoms with Crippen LogP contribution in [0.1, 0.15) is 22.3 Å². The second-order valence-corrected chi connectivity index (χ2v) is 6.70. The topological polar surface area (TPSA) is 85.6 Å². The Morgan fingerprint density at radius 1 is 0.844 bits per heavy atom. The summed E-state index contributed by atoms with van der Waals surface area (Å²) in [7, 11) is 0. The van der Waals surface area contributed by atoms with Crippen LogP contribution in [0.5, 0.6) is 11.5 Å². The Kier molecular flexibility index (Phi) is 7.77. The van der Waals surface area contributed by atoms with Crippen LogP contribution in [0.2, 0.25) is 0 Å². The monoisotopic (exact) mass is 427 g/mol. The van der Waals surface area contributed by atoms with Crippen molar-refractivity contribution in [1.29, 1.82) is 5.26 Å². The molecule has 0 saturated heterocycles. The SMILES string of the molecule is C=CC(=O)OCCCOc1ccc(C(=O)Oc2ccc(-c3ccc(C#N)cc3)cc2)cc1. The van der Waals surface area contributed by atoms with Crippen LogP contribution in [-0.4, -0.2) is 25.2 Å². The van der Waals surface area contributed by atoms with Gasteiger partial charge >= 0.3 is 11.9 Å². The molecule has 0 heterocycles. The maximum atomic E-state index is 12.4. The van der Waals surface area contributed by atoms with E-state index in [2.05, 4.69) is 12.6 Å². The Morgan fingerprint density at radius 3 is 2.03 bits per heavy atom. The number of hydrogen-bond acceptors (Lipinski definition) is 6. The first-order chi connectivity index (χ1) is 15.6. The van der Waals surface area contributed by atoms with E-state index >= 15 is 0 Å². The van der Waals surface area contributed by atoms with Gasteiger partial charge in [-0.05, 0) is 59.7 Å². The molecule has 0 atom stereocenters. The summed E-state index contributed by atoms with van der Waals surface area (Å²) in [6, 6.07) is 23.1. The molecule has 0 aromatic heterocycles. The standard InChI is InChI=1S/C26H21NO5/c1-2-25(28)31-17-3-16-30-23-12-10-22(11-13-23)26(29)32-24-14-8-21(9-15-24)20-6-4-19(18-27)5-7-20/h2,4-15H,1,3,16-17H2. The second-order valence-electron chi connectivity index (χ2n) is 6.70. The van der Waals surface area contributed by atoms with E-state index in [-0.39, 0.29) is 6.61 Å². The Hall–Kier alpha value is -4.37. The number of esters is 2. The van der Waals surface area contributed by atoms with Crippen molar-refractivity contribution in [2.45, 2.75) is 6.42 Å². The Morgan fingerprint density at radius 2 is 1.44 bits per heavy atom. The maximum absolute atomic E-state index is 12.4. The van der Waals surface area contributed by atoms with Gasteiger partial charge in [0, 0.05) is 12.5 Å². The number of nitriles is 1. The zero-order valence-electron chi connectivity index (χ0n) is 17.3. The van der Waals surface area contributed by atoms with Crippen LogP contribution in [0, 0.1) is 11.3 Å². The third-order valence-electron chi connectivity index (χ3n) is 4.47. The van der Waals surface area contributed by atoms with Crippen LogP contribution < -0.4 is 9.47 Å². The van der Waals surface area contributed by atoms with Gasteiger partial charge in [-0.1, -0.05) is 30.8 Å². The van der Waals surface area contributed by atoms with Crippen molar-refractivity contribution in [2.75, 3.05) is 13.2 Å². The molecule has 0 unspecified atom stereocenters. The van der Waals surface area contributed by atoms with E-state index in [1.54, 1.807) is 48.5 Å². The third kappa shape index (κ3) is 6.31. The Balaban J connectivity index is 1.50. The van der Waals surface area contributed by atoms with E-state index in [9.17, 15) is 9.59 Å². The summed E-state index contributed by atoms with van der Waals surface area (Å²) in [4.78, 5) is 23.3. The summed E-state index contributed by atoms with van der Waals surface area (Å²) >= 11 is 0. The van der Waals surface area contributed by atoms with Gasteiger partial charge in [0.2, 0.25) is 0 Å². The van der Waals surface area contributed by atoms with Crippen LogP contribution in [-0.2, 0) is 9.53 Å². The van der Waals surface area contributed by atoms with Crippen molar-refractivity contribution in [1.82, 2.24) is 0 Å². The lowest BCUT2D eigenvalue weighted by Gasteiger charge is -2.08. The van der Waals surface area contributed by atoms with Gasteiger partial charge in [0.25, 0.3) is 0 Å². The molecule has 6 nitrogen and oxygen atoms in total. The lowest BCUT2D eigenvalue weighted by Crippen LogP contribution is -2.09. The lowest BCUT2D eigenvalue weighted by atomic mass is 10.0. The Labute approximate surface area is 186 Å². The molecule has 3 aromatic rings. The van der Waals surface area contributed by atoms with E-state index in [1.807, 2.05) is 24.3 Å². The average Bonchev–Trinajstić information content (AvgIpc) is 2.84. The van der Waals surface area contributed by atoms with Crippen molar-refractivity contribution in [3.8, 4) is 28.7 Å². The fraction of sp³-hybridized carbons (Fsp3) is 0.115. The predicted octanol–water partition coefficient (Wildman–Crippen LogP) is 4.94. The molecule has 6 heteroatoms. The van der Waals surface area contributed by atoms with Crippen molar-refractivity contribution in [3.05, 3.63) is 96.6 Å². The zero-order chi connectivity index (χ0) is 22.8. The molecule has 0 radical (unpaired) electrons. The maximum Gasteiger partial charge on any atom is 0.343 e. The Bertz CT molecular complexity index is 1110. The molecule has 0 N–H and O–H groups in total. The quantitative estimate of drug-likeness (QED) is 0.208. The summed E-state index contributed by atoms with van der Waals surface area (Å²) in [5, 5.41) is 8.89. The molecule has 3 rings (SSSR count). The highest BCUT2D eigenvalue weighted by atomic mass is 16.5. The number of rotatable bonds is 9. The van der Waals surface area contributed by atoms with Crippen molar-refractivity contribution in [3.63, 3.8) is 0 Å². The van der Waals surface area contributed by atoms with Crippen LogP contribution in [0.4, 0.5) is 0 Å². The summed E-state index contributed by atoms with van der Waals surface area (Å²) in [6.45, 7) is 3.95. The van der Waals surface area contributed by atoms with E-state index in [4.69, 9.17) is 19.5 Å². The van der Waals surface area contributed by atoms with Crippen LogP contribution in [0.3, 0.4) is 0 Å². The van der Waals surface area contributed by atoms with Crippen LogP contribution >= 0.6 is 0 Å². The van der Waals surface area contributed by atoms with Gasteiger partial charge < -0.3 is 14.2 Å². The first kappa shape index (κ1) is 22.3. The lowest BCUT2D eigenvalue weighted by molar-refractivity contribution is -0.137. The number of hydrogen-bond donors (Lipinski definition) is 0. The largest absolute Gasteiger partial charge is 0.493 e. The first-order valence-electron chi connectivity index (χ1n) is 9.94. The van der Waals surface area contributed by atoms with E-state index in [1.165, 1.54) is 0 Å². The minimum absolute atomic E-state index is 0.249. The van der Waals surface area contributed by atoms with E-state index < -0.39 is 11.9 Å². The van der Waals surface area contributed by atoms with Crippen LogP contribution in [0.25, 0.3) is 11.1 Å². The number of benzene rings is 3. The molecule has 3 aromatic carbocycles. The van der Waals surface area contributed by atoms with Gasteiger partial charge in [-0.2, -0.15) is 5.26 Å². The molecule has 0 aliphatic heterocycles. The fourth-order valence-electron chi connectivity index (χ4n) is 2.79. The highest BCUT2D eigenvalue weighted by Crippen LogP contribution is 2.23. The number of carbonyl (C=O) groups excluding carboxylic acids is 2. The highest BCUT2D eigenvalue weighted by molar-refractivity contribution is 5.91. The smallest absolute Gasteiger partial charge is 0.343 e. The van der Waals surface area contributed by atoms with Crippen LogP contribution in [0.15, 0.2) is 85.5 Å². The summed E-state index contributed by atoms with van der Waals surface area (Å²) in [5.41, 5.74) is 2.92. The normalized spacial score (nSPS) is 9.97. The summed E-state index contributed by atoms with van der Waals surface area (Å²) in [5.74, 6) is 0.0981. The van der Waals surface area contributed by atoms with E-state index in [0.29, 0.717) is 35.7 Å². The first-order valence-corrected chi connectivity index (χ1v) is 9.94. The molecule has 0 bridgehead atoms. The summed E-state index contributed by atoms with van der Waals surface area (Å²) in [6.07, 6.45) is 1.66. The second kappa shape index (κ2) is 11.1. The molecule has 0 aliphatic carbocycles. The molecule has 32 heavy (non-hydrogen) atoms. The number of nitrogens with zero attached hydrogens (tertiary/aromatic N) is 1. The zero-order valence-corrected chi connectivity index (χ0v) is 17.3. The molecule has 0 aliphatic rings. The highest BCUT2D eigenvalue weighted by Gasteiger charge is 2.09. The van der Waals surface area contributed by atoms with Gasteiger partial charge in [-0.15, -0.1) is 0 Å². The fourth-order valence-corrected chi connectivity index (χ4v) is 2.79. The van der Waals surface area contributed by atoms with Gasteiger partial charge in [-0.25, -0.2) is 9.59 Å². The predicted molar refractivity (Wildman–Crippen MR) is 119 cm³/mol. The molecule has 160 valence electrons. The molecule has 0 spiro atoms. The third-order valence-corrected chi connectivity index (χ3v) is 4.47. The average molecular weight is 427 g/mol. The molecule has 0 saturated carbocycles. The molecular formula is C26H21NO5. The van der Waals surface area contributed by atoms with Gasteiger partial charge in [0.1, 0.15) is 11.5 Å². The molecular weight excluding hydrogens is 406 g/mol. The van der Waals surface area contributed by atoms with Gasteiger partial charge in [-0.3, -0.25) is 0 Å². The minimum atomic E-state index is -0.473. The van der Waals surface area contributed by atoms with Crippen molar-refractivity contribution in [2.24, 2.45) is 0 Å². The number of carbonyl (C=O) groups is 2. The van der Waals surface area contributed by atoms with Gasteiger partial charge in [0.05, 0.1) is 30.4 Å².